The van der Waals surface area contributed by atoms with Crippen molar-refractivity contribution in [1.82, 2.24) is 9.97 Å². The summed E-state index contributed by atoms with van der Waals surface area (Å²) in [6.07, 6.45) is 9.37. The summed E-state index contributed by atoms with van der Waals surface area (Å²) in [6, 6.07) is 2.80. The van der Waals surface area contributed by atoms with Gasteiger partial charge in [0.2, 0.25) is 5.95 Å². The molecular formula is C14H23N5. The predicted molar refractivity (Wildman–Crippen MR) is 77.3 cm³/mol. The molecule has 2 aliphatic rings. The van der Waals surface area contributed by atoms with Crippen molar-refractivity contribution in [2.24, 2.45) is 5.73 Å². The molecule has 1 aliphatic heterocycles. The first-order chi connectivity index (χ1) is 9.31. The molecule has 0 unspecified atom stereocenters. The van der Waals surface area contributed by atoms with E-state index in [9.17, 15) is 0 Å². The van der Waals surface area contributed by atoms with Gasteiger partial charge in [-0.1, -0.05) is 19.3 Å². The van der Waals surface area contributed by atoms with Crippen LogP contribution in [0.25, 0.3) is 0 Å². The van der Waals surface area contributed by atoms with Crippen LogP contribution in [0.4, 0.5) is 11.8 Å². The smallest absolute Gasteiger partial charge is 0.224 e. The van der Waals surface area contributed by atoms with Gasteiger partial charge in [0, 0.05) is 31.4 Å². The number of anilines is 2. The fourth-order valence-electron chi connectivity index (χ4n) is 3.02. The summed E-state index contributed by atoms with van der Waals surface area (Å²) in [5, 5.41) is 3.48. The van der Waals surface area contributed by atoms with Crippen LogP contribution in [0.1, 0.15) is 38.5 Å². The molecular weight excluding hydrogens is 238 g/mol. The van der Waals surface area contributed by atoms with Gasteiger partial charge in [-0.15, -0.1) is 0 Å². The van der Waals surface area contributed by atoms with Crippen LogP contribution in [0.5, 0.6) is 0 Å². The lowest BCUT2D eigenvalue weighted by atomic mass is 9.96. The average molecular weight is 261 g/mol. The summed E-state index contributed by atoms with van der Waals surface area (Å²) in [5.41, 5.74) is 5.95. The minimum atomic E-state index is 0.282. The van der Waals surface area contributed by atoms with Crippen molar-refractivity contribution in [1.29, 1.82) is 0 Å². The van der Waals surface area contributed by atoms with Crippen LogP contribution < -0.4 is 16.0 Å². The quantitative estimate of drug-likeness (QED) is 0.868. The molecule has 3 N–H and O–H groups in total. The van der Waals surface area contributed by atoms with E-state index in [0.717, 1.165) is 31.3 Å². The van der Waals surface area contributed by atoms with E-state index in [0.29, 0.717) is 6.04 Å². The number of nitrogens with zero attached hydrogens (tertiary/aromatic N) is 3. The molecule has 2 heterocycles. The SMILES string of the molecule is N[C@@H]1CCN(c2ccnc(NC3CCCCC3)n2)C1. The van der Waals surface area contributed by atoms with Crippen molar-refractivity contribution < 1.29 is 0 Å². The molecule has 1 aromatic heterocycles. The first-order valence-electron chi connectivity index (χ1n) is 7.41. The third-order valence-electron chi connectivity index (χ3n) is 4.13. The van der Waals surface area contributed by atoms with Crippen LogP contribution in [0.3, 0.4) is 0 Å². The largest absolute Gasteiger partial charge is 0.355 e. The van der Waals surface area contributed by atoms with Gasteiger partial charge in [-0.05, 0) is 25.3 Å². The second-order valence-corrected chi connectivity index (χ2v) is 5.71. The van der Waals surface area contributed by atoms with Gasteiger partial charge >= 0.3 is 0 Å². The Hall–Kier alpha value is -1.36. The lowest BCUT2D eigenvalue weighted by Crippen LogP contribution is -2.28. The van der Waals surface area contributed by atoms with Crippen LogP contribution in [0.15, 0.2) is 12.3 Å². The van der Waals surface area contributed by atoms with Crippen LogP contribution >= 0.6 is 0 Å². The summed E-state index contributed by atoms with van der Waals surface area (Å²) in [5.74, 6) is 1.77. The second kappa shape index (κ2) is 5.74. The van der Waals surface area contributed by atoms with E-state index in [2.05, 4.69) is 20.2 Å². The van der Waals surface area contributed by atoms with E-state index < -0.39 is 0 Å². The summed E-state index contributed by atoms with van der Waals surface area (Å²) in [4.78, 5) is 11.2. The summed E-state index contributed by atoms with van der Waals surface area (Å²) in [7, 11) is 0. The highest BCUT2D eigenvalue weighted by molar-refractivity contribution is 5.44. The van der Waals surface area contributed by atoms with E-state index in [1.165, 1.54) is 32.1 Å². The third kappa shape index (κ3) is 3.15. The number of aromatic nitrogens is 2. The number of hydrogen-bond acceptors (Lipinski definition) is 5. The molecule has 3 rings (SSSR count). The molecule has 0 bridgehead atoms. The highest BCUT2D eigenvalue weighted by Gasteiger charge is 2.21. The fourth-order valence-corrected chi connectivity index (χ4v) is 3.02. The van der Waals surface area contributed by atoms with Crippen molar-refractivity contribution in [3.05, 3.63) is 12.3 Å². The highest BCUT2D eigenvalue weighted by atomic mass is 15.2. The van der Waals surface area contributed by atoms with Crippen molar-refractivity contribution >= 4 is 11.8 Å². The molecule has 5 heteroatoms. The molecule has 0 radical (unpaired) electrons. The van der Waals surface area contributed by atoms with E-state index in [-0.39, 0.29) is 6.04 Å². The molecule has 104 valence electrons. The molecule has 0 spiro atoms. The monoisotopic (exact) mass is 261 g/mol. The Labute approximate surface area is 114 Å². The lowest BCUT2D eigenvalue weighted by Gasteiger charge is -2.23. The summed E-state index contributed by atoms with van der Waals surface area (Å²) >= 11 is 0. The Morgan fingerprint density at radius 1 is 1.21 bits per heavy atom. The Morgan fingerprint density at radius 3 is 2.79 bits per heavy atom. The number of hydrogen-bond donors (Lipinski definition) is 2. The average Bonchev–Trinajstić information content (AvgIpc) is 2.87. The summed E-state index contributed by atoms with van der Waals surface area (Å²) < 4.78 is 0. The van der Waals surface area contributed by atoms with Gasteiger partial charge in [0.25, 0.3) is 0 Å². The van der Waals surface area contributed by atoms with Crippen molar-refractivity contribution in [2.45, 2.75) is 50.6 Å². The fraction of sp³-hybridized carbons (Fsp3) is 0.714. The third-order valence-corrected chi connectivity index (χ3v) is 4.13. The minimum absolute atomic E-state index is 0.282. The van der Waals surface area contributed by atoms with E-state index >= 15 is 0 Å². The standard InChI is InChI=1S/C14H23N5/c15-11-7-9-19(10-11)13-6-8-16-14(18-13)17-12-4-2-1-3-5-12/h6,8,11-12H,1-5,7,9-10,15H2,(H,16,17,18)/t11-/m1/s1. The maximum atomic E-state index is 5.95. The van der Waals surface area contributed by atoms with Crippen LogP contribution in [0.2, 0.25) is 0 Å². The Balaban J connectivity index is 1.65. The maximum absolute atomic E-state index is 5.95. The second-order valence-electron chi connectivity index (χ2n) is 5.71. The van der Waals surface area contributed by atoms with E-state index in [1.54, 1.807) is 0 Å². The number of nitrogens with one attached hydrogen (secondary N) is 1. The molecule has 5 nitrogen and oxygen atoms in total. The Kier molecular flexibility index (Phi) is 3.82. The van der Waals surface area contributed by atoms with Crippen LogP contribution in [0, 0.1) is 0 Å². The zero-order valence-corrected chi connectivity index (χ0v) is 11.4. The molecule has 2 fully saturated rings. The Morgan fingerprint density at radius 2 is 2.05 bits per heavy atom. The number of nitrogens with two attached hydrogens (primary N) is 1. The highest BCUT2D eigenvalue weighted by Crippen LogP contribution is 2.22. The molecule has 1 saturated carbocycles. The van der Waals surface area contributed by atoms with Gasteiger partial charge in [-0.25, -0.2) is 4.98 Å². The zero-order valence-electron chi connectivity index (χ0n) is 11.4. The zero-order chi connectivity index (χ0) is 13.1. The first-order valence-corrected chi connectivity index (χ1v) is 7.41. The van der Waals surface area contributed by atoms with E-state index in [1.807, 2.05) is 12.3 Å². The predicted octanol–water partition coefficient (Wildman–Crippen LogP) is 1.76. The summed E-state index contributed by atoms with van der Waals surface area (Å²) in [6.45, 7) is 1.90. The van der Waals surface area contributed by atoms with Gasteiger partial charge in [-0.3, -0.25) is 0 Å². The van der Waals surface area contributed by atoms with Gasteiger partial charge in [0.1, 0.15) is 5.82 Å². The molecule has 1 aliphatic carbocycles. The van der Waals surface area contributed by atoms with Gasteiger partial charge in [0.05, 0.1) is 0 Å². The lowest BCUT2D eigenvalue weighted by molar-refractivity contribution is 0.461. The normalized spacial score (nSPS) is 24.7. The topological polar surface area (TPSA) is 67.1 Å². The van der Waals surface area contributed by atoms with Crippen molar-refractivity contribution in [3.8, 4) is 0 Å². The van der Waals surface area contributed by atoms with Crippen molar-refractivity contribution in [2.75, 3.05) is 23.3 Å². The molecule has 1 saturated heterocycles. The molecule has 1 aromatic rings. The molecule has 19 heavy (non-hydrogen) atoms. The molecule has 0 aromatic carbocycles. The van der Waals surface area contributed by atoms with E-state index in [4.69, 9.17) is 5.73 Å². The maximum Gasteiger partial charge on any atom is 0.224 e. The van der Waals surface area contributed by atoms with Crippen LogP contribution in [-0.4, -0.2) is 35.1 Å². The molecule has 1 atom stereocenters. The van der Waals surface area contributed by atoms with Crippen LogP contribution in [-0.2, 0) is 0 Å². The Bertz CT molecular complexity index is 416. The van der Waals surface area contributed by atoms with Gasteiger partial charge in [-0.2, -0.15) is 4.98 Å². The van der Waals surface area contributed by atoms with Gasteiger partial charge < -0.3 is 16.0 Å². The minimum Gasteiger partial charge on any atom is -0.355 e. The van der Waals surface area contributed by atoms with Crippen molar-refractivity contribution in [3.63, 3.8) is 0 Å². The first kappa shape index (κ1) is 12.7. The number of rotatable bonds is 3. The molecule has 0 amide bonds. The van der Waals surface area contributed by atoms with Gasteiger partial charge in [0.15, 0.2) is 0 Å².